The molecule has 18 heavy (non-hydrogen) atoms. The second kappa shape index (κ2) is 5.61. The number of para-hydroxylation sites is 1. The van der Waals surface area contributed by atoms with Gasteiger partial charge in [0.05, 0.1) is 23.1 Å². The van der Waals surface area contributed by atoms with E-state index in [4.69, 9.17) is 5.84 Å². The minimum Gasteiger partial charge on any atom is -0.322 e. The van der Waals surface area contributed by atoms with Crippen LogP contribution in [-0.4, -0.2) is 10.9 Å². The van der Waals surface area contributed by atoms with Crippen molar-refractivity contribution >= 4 is 33.2 Å². The Labute approximate surface area is 113 Å². The second-order valence-corrected chi connectivity index (χ2v) is 4.35. The maximum absolute atomic E-state index is 12.1. The van der Waals surface area contributed by atoms with E-state index in [0.29, 0.717) is 16.9 Å². The Balaban J connectivity index is 2.25. The van der Waals surface area contributed by atoms with Crippen LogP contribution in [0.15, 0.2) is 47.2 Å². The summed E-state index contributed by atoms with van der Waals surface area (Å²) in [6.07, 6.45) is 3.03. The van der Waals surface area contributed by atoms with E-state index in [-0.39, 0.29) is 5.91 Å². The molecule has 0 fully saturated rings. The van der Waals surface area contributed by atoms with Gasteiger partial charge in [-0.3, -0.25) is 15.6 Å². The van der Waals surface area contributed by atoms with Crippen molar-refractivity contribution in [3.8, 4) is 0 Å². The molecule has 1 aromatic heterocycles. The monoisotopic (exact) mass is 306 g/mol. The van der Waals surface area contributed by atoms with Crippen LogP contribution in [0, 0.1) is 0 Å². The molecule has 4 N–H and O–H groups in total. The first kappa shape index (κ1) is 12.5. The van der Waals surface area contributed by atoms with Crippen molar-refractivity contribution in [1.29, 1.82) is 0 Å². The molecule has 6 heteroatoms. The number of nitrogens with one attached hydrogen (secondary N) is 2. The van der Waals surface area contributed by atoms with Crippen molar-refractivity contribution in [2.24, 2.45) is 5.84 Å². The highest BCUT2D eigenvalue weighted by molar-refractivity contribution is 9.10. The fraction of sp³-hybridized carbons (Fsp3) is 0. The Morgan fingerprint density at radius 1 is 1.22 bits per heavy atom. The molecule has 0 unspecified atom stereocenters. The van der Waals surface area contributed by atoms with Crippen LogP contribution in [0.4, 0.5) is 11.4 Å². The third kappa shape index (κ3) is 2.66. The standard InChI is InChI=1S/C12H11BrN4O/c13-9-3-1-2-4-10(9)16-12(18)8-5-6-15-7-11(8)17-14/h1-7,17H,14H2,(H,16,18). The molecule has 0 bridgehead atoms. The minimum absolute atomic E-state index is 0.253. The van der Waals surface area contributed by atoms with Crippen LogP contribution < -0.4 is 16.6 Å². The smallest absolute Gasteiger partial charge is 0.257 e. The highest BCUT2D eigenvalue weighted by atomic mass is 79.9. The van der Waals surface area contributed by atoms with Crippen LogP contribution >= 0.6 is 15.9 Å². The van der Waals surface area contributed by atoms with Crippen molar-refractivity contribution in [1.82, 2.24) is 4.98 Å². The quantitative estimate of drug-likeness (QED) is 0.601. The number of hydrazine groups is 1. The third-order valence-electron chi connectivity index (χ3n) is 2.34. The maximum Gasteiger partial charge on any atom is 0.257 e. The van der Waals surface area contributed by atoms with Gasteiger partial charge in [-0.2, -0.15) is 0 Å². The normalized spacial score (nSPS) is 9.89. The topological polar surface area (TPSA) is 80.0 Å². The molecule has 0 aliphatic heterocycles. The lowest BCUT2D eigenvalue weighted by molar-refractivity contribution is 0.102. The number of nitrogen functional groups attached to an aromatic ring is 1. The molecule has 0 radical (unpaired) electrons. The van der Waals surface area contributed by atoms with Crippen LogP contribution in [0.3, 0.4) is 0 Å². The summed E-state index contributed by atoms with van der Waals surface area (Å²) in [6.45, 7) is 0. The average Bonchev–Trinajstić information content (AvgIpc) is 2.41. The summed E-state index contributed by atoms with van der Waals surface area (Å²) in [7, 11) is 0. The summed E-state index contributed by atoms with van der Waals surface area (Å²) >= 11 is 3.37. The molecule has 0 aliphatic rings. The molecule has 1 amide bonds. The SMILES string of the molecule is NNc1cnccc1C(=O)Nc1ccccc1Br. The Bertz CT molecular complexity index is 574. The van der Waals surface area contributed by atoms with E-state index >= 15 is 0 Å². The number of nitrogens with two attached hydrogens (primary N) is 1. The first-order chi connectivity index (χ1) is 8.72. The zero-order valence-corrected chi connectivity index (χ0v) is 10.9. The number of hydrogen-bond acceptors (Lipinski definition) is 4. The lowest BCUT2D eigenvalue weighted by Crippen LogP contribution is -2.17. The van der Waals surface area contributed by atoms with Gasteiger partial charge in [0.25, 0.3) is 5.91 Å². The zero-order chi connectivity index (χ0) is 13.0. The summed E-state index contributed by atoms with van der Waals surface area (Å²) in [5.74, 6) is 5.08. The first-order valence-corrected chi connectivity index (χ1v) is 5.98. The Morgan fingerprint density at radius 3 is 2.72 bits per heavy atom. The molecule has 0 spiro atoms. The van der Waals surface area contributed by atoms with Gasteiger partial charge in [-0.1, -0.05) is 12.1 Å². The molecule has 2 aromatic rings. The number of hydrogen-bond donors (Lipinski definition) is 3. The van der Waals surface area contributed by atoms with E-state index < -0.39 is 0 Å². The lowest BCUT2D eigenvalue weighted by Gasteiger charge is -2.10. The number of halogens is 1. The highest BCUT2D eigenvalue weighted by Crippen LogP contribution is 2.22. The minimum atomic E-state index is -0.253. The number of anilines is 2. The van der Waals surface area contributed by atoms with Crippen molar-refractivity contribution in [2.45, 2.75) is 0 Å². The predicted octanol–water partition coefficient (Wildman–Crippen LogP) is 2.38. The van der Waals surface area contributed by atoms with E-state index in [2.05, 4.69) is 31.7 Å². The van der Waals surface area contributed by atoms with Gasteiger partial charge in [-0.15, -0.1) is 0 Å². The van der Waals surface area contributed by atoms with Crippen LogP contribution in [-0.2, 0) is 0 Å². The van der Waals surface area contributed by atoms with Gasteiger partial charge >= 0.3 is 0 Å². The van der Waals surface area contributed by atoms with Gasteiger partial charge in [-0.25, -0.2) is 0 Å². The number of carbonyl (C=O) groups is 1. The third-order valence-corrected chi connectivity index (χ3v) is 3.03. The largest absolute Gasteiger partial charge is 0.322 e. The van der Waals surface area contributed by atoms with Crippen LogP contribution in [0.5, 0.6) is 0 Å². The lowest BCUT2D eigenvalue weighted by atomic mass is 10.2. The van der Waals surface area contributed by atoms with E-state index in [0.717, 1.165) is 4.47 Å². The molecule has 2 rings (SSSR count). The number of nitrogens with zero attached hydrogens (tertiary/aromatic N) is 1. The van der Waals surface area contributed by atoms with E-state index in [1.54, 1.807) is 12.1 Å². The number of pyridine rings is 1. The molecule has 92 valence electrons. The molecule has 0 aliphatic carbocycles. The van der Waals surface area contributed by atoms with Gasteiger partial charge in [0, 0.05) is 10.7 Å². The fourth-order valence-electron chi connectivity index (χ4n) is 1.46. The zero-order valence-electron chi connectivity index (χ0n) is 9.35. The fourth-order valence-corrected chi connectivity index (χ4v) is 1.84. The summed E-state index contributed by atoms with van der Waals surface area (Å²) < 4.78 is 0.815. The van der Waals surface area contributed by atoms with Crippen molar-refractivity contribution < 1.29 is 4.79 Å². The highest BCUT2D eigenvalue weighted by Gasteiger charge is 2.11. The van der Waals surface area contributed by atoms with E-state index in [1.165, 1.54) is 12.4 Å². The van der Waals surface area contributed by atoms with Gasteiger partial charge in [0.2, 0.25) is 0 Å². The Morgan fingerprint density at radius 2 is 2.00 bits per heavy atom. The first-order valence-electron chi connectivity index (χ1n) is 5.19. The average molecular weight is 307 g/mol. The number of amides is 1. The van der Waals surface area contributed by atoms with E-state index in [1.807, 2.05) is 18.2 Å². The molecule has 0 saturated carbocycles. The number of benzene rings is 1. The molecule has 0 atom stereocenters. The van der Waals surface area contributed by atoms with Crippen LogP contribution in [0.1, 0.15) is 10.4 Å². The van der Waals surface area contributed by atoms with Gasteiger partial charge < -0.3 is 10.7 Å². The van der Waals surface area contributed by atoms with Crippen molar-refractivity contribution in [3.63, 3.8) is 0 Å². The molecule has 1 heterocycles. The number of aromatic nitrogens is 1. The number of rotatable bonds is 3. The Kier molecular flexibility index (Phi) is 3.91. The Hall–Kier alpha value is -1.92. The maximum atomic E-state index is 12.1. The van der Waals surface area contributed by atoms with Crippen LogP contribution in [0.25, 0.3) is 0 Å². The summed E-state index contributed by atoms with van der Waals surface area (Å²) in [5, 5.41) is 2.79. The van der Waals surface area contributed by atoms with Crippen molar-refractivity contribution in [3.05, 3.63) is 52.8 Å². The summed E-state index contributed by atoms with van der Waals surface area (Å²) in [4.78, 5) is 16.0. The molecular weight excluding hydrogens is 296 g/mol. The van der Waals surface area contributed by atoms with E-state index in [9.17, 15) is 4.79 Å². The molecule has 5 nitrogen and oxygen atoms in total. The second-order valence-electron chi connectivity index (χ2n) is 3.50. The molecule has 0 saturated heterocycles. The molecular formula is C12H11BrN4O. The van der Waals surface area contributed by atoms with Gasteiger partial charge in [0.15, 0.2) is 0 Å². The number of carbonyl (C=O) groups excluding carboxylic acids is 1. The van der Waals surface area contributed by atoms with Gasteiger partial charge in [-0.05, 0) is 34.1 Å². The summed E-state index contributed by atoms with van der Waals surface area (Å²) in [6, 6.07) is 8.97. The predicted molar refractivity (Wildman–Crippen MR) is 74.1 cm³/mol. The van der Waals surface area contributed by atoms with Gasteiger partial charge in [0.1, 0.15) is 0 Å². The van der Waals surface area contributed by atoms with Crippen LogP contribution in [0.2, 0.25) is 0 Å². The summed E-state index contributed by atoms with van der Waals surface area (Å²) in [5.41, 5.74) is 4.05. The molecule has 1 aromatic carbocycles. The van der Waals surface area contributed by atoms with Crippen molar-refractivity contribution in [2.75, 3.05) is 10.7 Å².